The van der Waals surface area contributed by atoms with Crippen molar-refractivity contribution in [3.8, 4) is 0 Å². The van der Waals surface area contributed by atoms with Crippen LogP contribution in [0.3, 0.4) is 0 Å². The number of aromatic nitrogens is 1. The Morgan fingerprint density at radius 3 is 2.39 bits per heavy atom. The van der Waals surface area contributed by atoms with Gasteiger partial charge in [-0.3, -0.25) is 19.8 Å². The quantitative estimate of drug-likeness (QED) is 0.252. The van der Waals surface area contributed by atoms with E-state index >= 15 is 0 Å². The fraction of sp³-hybridized carbons (Fsp3) is 0.148. The molecule has 184 valence electrons. The van der Waals surface area contributed by atoms with Crippen LogP contribution in [-0.2, 0) is 16.0 Å². The molecule has 9 heteroatoms. The fourth-order valence-electron chi connectivity index (χ4n) is 3.70. The van der Waals surface area contributed by atoms with E-state index in [0.717, 1.165) is 29.3 Å². The van der Waals surface area contributed by atoms with Crippen LogP contribution in [0.15, 0.2) is 77.3 Å². The summed E-state index contributed by atoms with van der Waals surface area (Å²) >= 11 is 3.39. The van der Waals surface area contributed by atoms with Crippen molar-refractivity contribution in [1.29, 1.82) is 0 Å². The van der Waals surface area contributed by atoms with E-state index in [4.69, 9.17) is 0 Å². The molecule has 0 radical (unpaired) electrons. The number of anilines is 2. The molecule has 0 aliphatic heterocycles. The van der Waals surface area contributed by atoms with Crippen molar-refractivity contribution < 1.29 is 18.8 Å². The Morgan fingerprint density at radius 1 is 0.917 bits per heavy atom. The Balaban J connectivity index is 1.55. The van der Waals surface area contributed by atoms with Gasteiger partial charge in [0.05, 0.1) is 11.2 Å². The Labute approximate surface area is 215 Å². The maximum Gasteiger partial charge on any atom is 0.328 e. The molecule has 3 amide bonds. The summed E-state index contributed by atoms with van der Waals surface area (Å²) in [5.41, 5.74) is 4.62. The number of fused-ring (bicyclic) bond motifs is 1. The van der Waals surface area contributed by atoms with Crippen LogP contribution in [0.4, 0.5) is 15.8 Å². The number of benzene rings is 3. The highest BCUT2D eigenvalue weighted by Crippen LogP contribution is 2.24. The molecule has 0 fully saturated rings. The van der Waals surface area contributed by atoms with E-state index < -0.39 is 23.5 Å². The lowest BCUT2D eigenvalue weighted by molar-refractivity contribution is -0.133. The van der Waals surface area contributed by atoms with Crippen LogP contribution in [0, 0.1) is 5.82 Å². The largest absolute Gasteiger partial charge is 0.328 e. The molecule has 1 heterocycles. The van der Waals surface area contributed by atoms with E-state index in [1.165, 1.54) is 22.9 Å². The zero-order valence-corrected chi connectivity index (χ0v) is 21.1. The molecule has 0 bridgehead atoms. The average Bonchev–Trinajstić information content (AvgIpc) is 3.22. The lowest BCUT2D eigenvalue weighted by Crippen LogP contribution is -2.36. The number of aryl methyl sites for hydroxylation is 1. The summed E-state index contributed by atoms with van der Waals surface area (Å²) in [5, 5.41) is 5.71. The molecular weight excluding hydrogens is 527 g/mol. The van der Waals surface area contributed by atoms with Gasteiger partial charge in [0.2, 0.25) is 0 Å². The van der Waals surface area contributed by atoms with Gasteiger partial charge < -0.3 is 10.6 Å². The van der Waals surface area contributed by atoms with Crippen molar-refractivity contribution in [1.82, 2.24) is 4.68 Å². The van der Waals surface area contributed by atoms with Crippen molar-refractivity contribution in [2.45, 2.75) is 26.2 Å². The predicted molar refractivity (Wildman–Crippen MR) is 142 cm³/mol. The number of hydrogen-bond acceptors (Lipinski definition) is 3. The molecule has 0 atom stereocenters. The third-order valence-electron chi connectivity index (χ3n) is 5.57. The van der Waals surface area contributed by atoms with Gasteiger partial charge in [0.1, 0.15) is 11.5 Å². The van der Waals surface area contributed by atoms with Gasteiger partial charge in [0.15, 0.2) is 0 Å². The minimum absolute atomic E-state index is 0.00746. The standard InChI is InChI=1S/C27H24BrFN4O3/c1-2-3-6-17-9-12-20(13-10-17)30-26(35)27(36)32-33-23-14-11-19(28)15-18(23)16-24(33)25(34)31-22-8-5-4-7-21(22)29/h4-5,7-16H,2-3,6H2,1H3,(H,30,35)(H,31,34)(H,32,36). The summed E-state index contributed by atoms with van der Waals surface area (Å²) < 4.78 is 16.1. The molecular formula is C27H24BrFN4O3. The van der Waals surface area contributed by atoms with Crippen LogP contribution in [0.5, 0.6) is 0 Å². The monoisotopic (exact) mass is 550 g/mol. The number of carbonyl (C=O) groups is 3. The average molecular weight is 551 g/mol. The highest BCUT2D eigenvalue weighted by atomic mass is 79.9. The van der Waals surface area contributed by atoms with Crippen molar-refractivity contribution in [2.75, 3.05) is 16.1 Å². The smallest absolute Gasteiger partial charge is 0.318 e. The number of halogens is 2. The number of amides is 3. The third-order valence-corrected chi connectivity index (χ3v) is 6.06. The first kappa shape index (κ1) is 25.1. The second-order valence-electron chi connectivity index (χ2n) is 8.20. The molecule has 4 aromatic rings. The summed E-state index contributed by atoms with van der Waals surface area (Å²) in [6.45, 7) is 2.12. The molecule has 3 aromatic carbocycles. The summed E-state index contributed by atoms with van der Waals surface area (Å²) in [7, 11) is 0. The van der Waals surface area contributed by atoms with Crippen LogP contribution in [-0.4, -0.2) is 22.4 Å². The minimum atomic E-state index is -0.967. The first-order chi connectivity index (χ1) is 17.4. The topological polar surface area (TPSA) is 92.2 Å². The summed E-state index contributed by atoms with van der Waals surface area (Å²) in [4.78, 5) is 38.4. The maximum absolute atomic E-state index is 14.1. The summed E-state index contributed by atoms with van der Waals surface area (Å²) in [5.74, 6) is -3.11. The number of rotatable bonds is 7. The second kappa shape index (κ2) is 11.2. The molecule has 0 aliphatic rings. The lowest BCUT2D eigenvalue weighted by Gasteiger charge is -2.13. The summed E-state index contributed by atoms with van der Waals surface area (Å²) in [6.07, 6.45) is 3.10. The molecule has 0 spiro atoms. The van der Waals surface area contributed by atoms with Gasteiger partial charge in [-0.15, -0.1) is 0 Å². The van der Waals surface area contributed by atoms with E-state index in [2.05, 4.69) is 38.9 Å². The zero-order chi connectivity index (χ0) is 25.7. The van der Waals surface area contributed by atoms with Gasteiger partial charge >= 0.3 is 11.8 Å². The first-order valence-electron chi connectivity index (χ1n) is 11.4. The first-order valence-corrected chi connectivity index (χ1v) is 12.2. The Bertz CT molecular complexity index is 1430. The molecule has 1 aromatic heterocycles. The minimum Gasteiger partial charge on any atom is -0.318 e. The van der Waals surface area contributed by atoms with Gasteiger partial charge in [0, 0.05) is 15.5 Å². The van der Waals surface area contributed by atoms with Crippen LogP contribution in [0.2, 0.25) is 0 Å². The van der Waals surface area contributed by atoms with Gasteiger partial charge in [0.25, 0.3) is 5.91 Å². The molecule has 0 saturated heterocycles. The van der Waals surface area contributed by atoms with Gasteiger partial charge in [-0.1, -0.05) is 53.5 Å². The van der Waals surface area contributed by atoms with Crippen LogP contribution in [0.25, 0.3) is 10.9 Å². The third kappa shape index (κ3) is 5.80. The Hall–Kier alpha value is -3.98. The molecule has 0 saturated carbocycles. The zero-order valence-electron chi connectivity index (χ0n) is 19.5. The molecule has 36 heavy (non-hydrogen) atoms. The molecule has 7 nitrogen and oxygen atoms in total. The maximum atomic E-state index is 14.1. The van der Waals surface area contributed by atoms with Crippen LogP contribution < -0.4 is 16.1 Å². The number of para-hydroxylation sites is 1. The number of nitrogens with one attached hydrogen (secondary N) is 3. The molecule has 4 rings (SSSR count). The van der Waals surface area contributed by atoms with Crippen LogP contribution in [0.1, 0.15) is 35.8 Å². The highest BCUT2D eigenvalue weighted by molar-refractivity contribution is 9.10. The number of hydrogen-bond donors (Lipinski definition) is 3. The second-order valence-corrected chi connectivity index (χ2v) is 9.11. The molecule has 0 unspecified atom stereocenters. The van der Waals surface area contributed by atoms with E-state index in [1.54, 1.807) is 42.5 Å². The van der Waals surface area contributed by atoms with Crippen molar-refractivity contribution in [3.63, 3.8) is 0 Å². The van der Waals surface area contributed by atoms with E-state index in [-0.39, 0.29) is 11.4 Å². The highest BCUT2D eigenvalue weighted by Gasteiger charge is 2.22. The Kier molecular flexibility index (Phi) is 7.80. The number of carbonyl (C=O) groups excluding carboxylic acids is 3. The Morgan fingerprint density at radius 2 is 1.67 bits per heavy atom. The summed E-state index contributed by atoms with van der Waals surface area (Å²) in [6, 6.07) is 19.8. The van der Waals surface area contributed by atoms with Gasteiger partial charge in [-0.05, 0) is 66.9 Å². The lowest BCUT2D eigenvalue weighted by atomic mass is 10.1. The van der Waals surface area contributed by atoms with Crippen molar-refractivity contribution in [3.05, 3.63) is 94.3 Å². The van der Waals surface area contributed by atoms with Gasteiger partial charge in [-0.2, -0.15) is 0 Å². The normalized spacial score (nSPS) is 10.8. The van der Waals surface area contributed by atoms with Crippen molar-refractivity contribution >= 4 is 55.9 Å². The number of unbranched alkanes of at least 4 members (excludes halogenated alkanes) is 1. The van der Waals surface area contributed by atoms with E-state index in [0.29, 0.717) is 16.6 Å². The van der Waals surface area contributed by atoms with Crippen LogP contribution >= 0.6 is 15.9 Å². The molecule has 3 N–H and O–H groups in total. The van der Waals surface area contributed by atoms with E-state index in [1.807, 2.05) is 12.1 Å². The van der Waals surface area contributed by atoms with Gasteiger partial charge in [-0.25, -0.2) is 9.07 Å². The van der Waals surface area contributed by atoms with Crippen molar-refractivity contribution in [2.24, 2.45) is 0 Å². The SMILES string of the molecule is CCCCc1ccc(NC(=O)C(=O)Nn2c(C(=O)Nc3ccccc3F)cc3cc(Br)ccc32)cc1. The molecule has 0 aliphatic carbocycles. The van der Waals surface area contributed by atoms with E-state index in [9.17, 15) is 18.8 Å². The number of nitrogens with zero attached hydrogens (tertiary/aromatic N) is 1. The fourth-order valence-corrected chi connectivity index (χ4v) is 4.08. The predicted octanol–water partition coefficient (Wildman–Crippen LogP) is 5.85.